The normalized spacial score (nSPS) is 11.9. The van der Waals surface area contributed by atoms with E-state index in [1.54, 1.807) is 42.6 Å². The molecule has 0 radical (unpaired) electrons. The minimum atomic E-state index is -0.794. The molecule has 4 nitrogen and oxygen atoms in total. The topological polar surface area (TPSA) is 65.1 Å². The number of aliphatic hydroxyl groups excluding tert-OH is 1. The quantitative estimate of drug-likeness (QED) is 0.761. The van der Waals surface area contributed by atoms with Gasteiger partial charge in [-0.1, -0.05) is 36.0 Å². The number of benzene rings is 1. The van der Waals surface area contributed by atoms with Gasteiger partial charge in [0, 0.05) is 17.8 Å². The molecule has 1 aromatic heterocycles. The molecule has 0 bridgehead atoms. The van der Waals surface area contributed by atoms with Crippen LogP contribution in [0.25, 0.3) is 0 Å². The minimum absolute atomic E-state index is 0.101. The van der Waals surface area contributed by atoms with Crippen LogP contribution < -0.4 is 5.32 Å². The number of pyridine rings is 1. The smallest absolute Gasteiger partial charge is 0.254 e. The Hall–Kier alpha value is -1.69. The van der Waals surface area contributed by atoms with Crippen LogP contribution in [0.5, 0.6) is 0 Å². The predicted molar refractivity (Wildman–Crippen MR) is 80.4 cm³/mol. The summed E-state index contributed by atoms with van der Waals surface area (Å²) in [5.41, 5.74) is 1.07. The number of amides is 1. The van der Waals surface area contributed by atoms with Crippen LogP contribution in [0.15, 0.2) is 42.6 Å². The number of hydrogen-bond donors (Lipinski definition) is 3. The summed E-state index contributed by atoms with van der Waals surface area (Å²) in [6, 6.07) is 10.1. The van der Waals surface area contributed by atoms with E-state index in [1.807, 2.05) is 0 Å². The van der Waals surface area contributed by atoms with E-state index in [0.29, 0.717) is 20.8 Å². The number of aromatic nitrogens is 1. The number of H-pyrrole nitrogens is 1. The van der Waals surface area contributed by atoms with Crippen LogP contribution in [-0.2, 0) is 0 Å². The van der Waals surface area contributed by atoms with Gasteiger partial charge in [-0.15, -0.1) is 0 Å². The van der Waals surface area contributed by atoms with Crippen molar-refractivity contribution >= 4 is 29.7 Å². The maximum atomic E-state index is 11.9. The lowest BCUT2D eigenvalue weighted by Gasteiger charge is -2.12. The monoisotopic (exact) mass is 308 g/mol. The van der Waals surface area contributed by atoms with Gasteiger partial charge in [0.1, 0.15) is 4.64 Å². The molecule has 0 spiro atoms. The van der Waals surface area contributed by atoms with Crippen molar-refractivity contribution in [3.8, 4) is 0 Å². The summed E-state index contributed by atoms with van der Waals surface area (Å²) < 4.78 is 0.367. The first-order chi connectivity index (χ1) is 9.58. The Balaban J connectivity index is 1.98. The summed E-state index contributed by atoms with van der Waals surface area (Å²) in [5, 5.41) is 13.2. The van der Waals surface area contributed by atoms with Gasteiger partial charge in [-0.25, -0.2) is 0 Å². The summed E-state index contributed by atoms with van der Waals surface area (Å²) in [5.74, 6) is -0.320. The molecule has 2 rings (SSSR count). The largest absolute Gasteiger partial charge is 0.387 e. The standard InChI is InChI=1S/C14H13ClN2O2S/c15-10-5-3-9(4-6-10)12(18)8-17-13(19)11-2-1-7-16-14(11)20/h1-7,12,18H,8H2,(H,16,20)(H,17,19)/t12-/m1/s1. The summed E-state index contributed by atoms with van der Waals surface area (Å²) in [7, 11) is 0. The van der Waals surface area contributed by atoms with Crippen LogP contribution >= 0.6 is 23.8 Å². The molecule has 0 saturated carbocycles. The Morgan fingerprint density at radius 2 is 2.05 bits per heavy atom. The van der Waals surface area contributed by atoms with E-state index in [0.717, 1.165) is 0 Å². The zero-order valence-corrected chi connectivity index (χ0v) is 12.0. The van der Waals surface area contributed by atoms with E-state index in [9.17, 15) is 9.90 Å². The minimum Gasteiger partial charge on any atom is -0.387 e. The number of aliphatic hydroxyl groups is 1. The van der Waals surface area contributed by atoms with E-state index >= 15 is 0 Å². The van der Waals surface area contributed by atoms with Gasteiger partial charge < -0.3 is 15.4 Å². The highest BCUT2D eigenvalue weighted by Crippen LogP contribution is 2.15. The third kappa shape index (κ3) is 3.66. The Morgan fingerprint density at radius 1 is 1.35 bits per heavy atom. The number of aromatic amines is 1. The molecule has 1 atom stereocenters. The van der Waals surface area contributed by atoms with Crippen molar-refractivity contribution in [3.05, 3.63) is 63.4 Å². The van der Waals surface area contributed by atoms with Gasteiger partial charge in [0.2, 0.25) is 0 Å². The molecule has 0 fully saturated rings. The van der Waals surface area contributed by atoms with E-state index in [1.165, 1.54) is 0 Å². The Labute approximate surface area is 126 Å². The molecule has 3 N–H and O–H groups in total. The maximum absolute atomic E-state index is 11.9. The van der Waals surface area contributed by atoms with Gasteiger partial charge >= 0.3 is 0 Å². The van der Waals surface area contributed by atoms with Crippen molar-refractivity contribution in [2.24, 2.45) is 0 Å². The molecule has 6 heteroatoms. The summed E-state index contributed by atoms with van der Waals surface area (Å²) in [6.45, 7) is 0.101. The fraction of sp³-hybridized carbons (Fsp3) is 0.143. The maximum Gasteiger partial charge on any atom is 0.254 e. The summed E-state index contributed by atoms with van der Waals surface area (Å²) in [6.07, 6.45) is 0.860. The molecule has 1 amide bonds. The molecular weight excluding hydrogens is 296 g/mol. The highest BCUT2D eigenvalue weighted by molar-refractivity contribution is 7.71. The van der Waals surface area contributed by atoms with E-state index < -0.39 is 6.10 Å². The molecule has 0 unspecified atom stereocenters. The third-order valence-corrected chi connectivity index (χ3v) is 3.36. The van der Waals surface area contributed by atoms with Gasteiger partial charge in [-0.2, -0.15) is 0 Å². The summed E-state index contributed by atoms with van der Waals surface area (Å²) >= 11 is 10.8. The molecule has 0 aliphatic carbocycles. The number of carbonyl (C=O) groups excluding carboxylic acids is 1. The highest BCUT2D eigenvalue weighted by Gasteiger charge is 2.11. The number of nitrogens with one attached hydrogen (secondary N) is 2. The number of hydrogen-bond acceptors (Lipinski definition) is 3. The van der Waals surface area contributed by atoms with E-state index in [4.69, 9.17) is 23.8 Å². The second kappa shape index (κ2) is 6.65. The zero-order chi connectivity index (χ0) is 14.5. The Bertz CT molecular complexity index is 655. The average Bonchev–Trinajstić information content (AvgIpc) is 2.45. The average molecular weight is 309 g/mol. The van der Waals surface area contributed by atoms with Crippen molar-refractivity contribution in [1.82, 2.24) is 10.3 Å². The first-order valence-corrected chi connectivity index (χ1v) is 6.76. The molecule has 0 saturated heterocycles. The van der Waals surface area contributed by atoms with Crippen molar-refractivity contribution in [2.45, 2.75) is 6.10 Å². The molecule has 0 aliphatic rings. The van der Waals surface area contributed by atoms with Crippen molar-refractivity contribution in [2.75, 3.05) is 6.54 Å². The molecule has 1 aromatic carbocycles. The predicted octanol–water partition coefficient (Wildman–Crippen LogP) is 2.86. The van der Waals surface area contributed by atoms with E-state index in [-0.39, 0.29) is 12.5 Å². The van der Waals surface area contributed by atoms with Gasteiger partial charge in [-0.05, 0) is 29.8 Å². The fourth-order valence-electron chi connectivity index (χ4n) is 1.69. The first-order valence-electron chi connectivity index (χ1n) is 5.97. The van der Waals surface area contributed by atoms with E-state index in [2.05, 4.69) is 10.3 Å². The molecular formula is C14H13ClN2O2S. The molecule has 104 valence electrons. The Morgan fingerprint density at radius 3 is 2.70 bits per heavy atom. The molecule has 0 aliphatic heterocycles. The van der Waals surface area contributed by atoms with Crippen molar-refractivity contribution in [3.63, 3.8) is 0 Å². The fourth-order valence-corrected chi connectivity index (χ4v) is 2.04. The van der Waals surface area contributed by atoms with Crippen LogP contribution in [0.2, 0.25) is 5.02 Å². The van der Waals surface area contributed by atoms with Crippen LogP contribution in [0.1, 0.15) is 22.0 Å². The SMILES string of the molecule is O=C(NC[C@@H](O)c1ccc(Cl)cc1)c1ccc[nH]c1=S. The second-order valence-corrected chi connectivity index (χ2v) is 5.03. The van der Waals surface area contributed by atoms with Crippen molar-refractivity contribution < 1.29 is 9.90 Å². The Kier molecular flexibility index (Phi) is 4.89. The van der Waals surface area contributed by atoms with Crippen LogP contribution in [0.3, 0.4) is 0 Å². The second-order valence-electron chi connectivity index (χ2n) is 4.19. The summed E-state index contributed by atoms with van der Waals surface area (Å²) in [4.78, 5) is 14.7. The number of rotatable bonds is 4. The zero-order valence-electron chi connectivity index (χ0n) is 10.5. The highest BCUT2D eigenvalue weighted by atomic mass is 35.5. The lowest BCUT2D eigenvalue weighted by molar-refractivity contribution is 0.0915. The van der Waals surface area contributed by atoms with Crippen molar-refractivity contribution in [1.29, 1.82) is 0 Å². The van der Waals surface area contributed by atoms with Gasteiger partial charge in [-0.3, -0.25) is 4.79 Å². The van der Waals surface area contributed by atoms with Crippen LogP contribution in [-0.4, -0.2) is 22.5 Å². The van der Waals surface area contributed by atoms with Crippen LogP contribution in [0.4, 0.5) is 0 Å². The molecule has 2 aromatic rings. The number of halogens is 1. The third-order valence-electron chi connectivity index (χ3n) is 2.77. The van der Waals surface area contributed by atoms with Gasteiger partial charge in [0.05, 0.1) is 11.7 Å². The lowest BCUT2D eigenvalue weighted by atomic mass is 10.1. The van der Waals surface area contributed by atoms with Gasteiger partial charge in [0.15, 0.2) is 0 Å². The first kappa shape index (κ1) is 14.7. The number of carbonyl (C=O) groups is 1. The molecule has 20 heavy (non-hydrogen) atoms. The lowest BCUT2D eigenvalue weighted by Crippen LogP contribution is -2.28. The van der Waals surface area contributed by atoms with Gasteiger partial charge in [0.25, 0.3) is 5.91 Å². The van der Waals surface area contributed by atoms with Crippen LogP contribution in [0, 0.1) is 4.64 Å². The molecule has 1 heterocycles.